The van der Waals surface area contributed by atoms with Crippen molar-refractivity contribution < 1.29 is 17.1 Å². The minimum atomic E-state index is 0. The summed E-state index contributed by atoms with van der Waals surface area (Å²) in [6.45, 7) is 4.32. The Morgan fingerprint density at radius 2 is 1.46 bits per heavy atom. The molecule has 1 aromatic heterocycles. The SMILES string of the molecule is Cc1c[pH]cc1C.[Fe].c1cc[cH-]c1. The molecule has 1 aromatic carbocycles. The summed E-state index contributed by atoms with van der Waals surface area (Å²) >= 11 is 0. The van der Waals surface area contributed by atoms with Gasteiger partial charge in [0.15, 0.2) is 0 Å². The average Bonchev–Trinajstić information content (AvgIpc) is 2.67. The van der Waals surface area contributed by atoms with Gasteiger partial charge in [-0.15, -0.1) is 8.19 Å². The van der Waals surface area contributed by atoms with E-state index in [2.05, 4.69) is 25.4 Å². The molecule has 72 valence electrons. The van der Waals surface area contributed by atoms with Crippen LogP contribution >= 0.6 is 8.19 Å². The quantitative estimate of drug-likeness (QED) is 0.480. The maximum atomic E-state index is 2.27. The molecular weight excluding hydrogens is 219 g/mol. The third kappa shape index (κ3) is 5.05. The smallest absolute Gasteiger partial charge is 0 e. The van der Waals surface area contributed by atoms with E-state index in [1.54, 1.807) is 0 Å². The fourth-order valence-electron chi connectivity index (χ4n) is 0.840. The van der Waals surface area contributed by atoms with Crippen molar-refractivity contribution in [3.05, 3.63) is 53.1 Å². The summed E-state index contributed by atoms with van der Waals surface area (Å²) in [5, 5.41) is 0. The Labute approximate surface area is 92.3 Å². The van der Waals surface area contributed by atoms with Gasteiger partial charge in [0.1, 0.15) is 0 Å². The van der Waals surface area contributed by atoms with Crippen LogP contribution in [0.3, 0.4) is 0 Å². The third-order valence-electron chi connectivity index (χ3n) is 1.78. The summed E-state index contributed by atoms with van der Waals surface area (Å²) in [6.07, 6.45) is 0. The van der Waals surface area contributed by atoms with Gasteiger partial charge >= 0.3 is 0 Å². The molecule has 2 rings (SSSR count). The van der Waals surface area contributed by atoms with Crippen LogP contribution in [0, 0.1) is 13.8 Å². The van der Waals surface area contributed by atoms with Gasteiger partial charge in [-0.25, -0.2) is 12.1 Å². The van der Waals surface area contributed by atoms with Crippen molar-refractivity contribution in [3.63, 3.8) is 0 Å². The van der Waals surface area contributed by atoms with Crippen molar-refractivity contribution >= 4 is 8.19 Å². The van der Waals surface area contributed by atoms with Gasteiger partial charge in [-0.2, -0.15) is 18.2 Å². The second-order valence-corrected chi connectivity index (χ2v) is 3.69. The van der Waals surface area contributed by atoms with E-state index in [4.69, 9.17) is 0 Å². The zero-order chi connectivity index (χ0) is 8.81. The average molecular weight is 233 g/mol. The largest absolute Gasteiger partial charge is 0.214 e. The first-order valence-electron chi connectivity index (χ1n) is 4.07. The van der Waals surface area contributed by atoms with Crippen molar-refractivity contribution in [3.8, 4) is 0 Å². The summed E-state index contributed by atoms with van der Waals surface area (Å²) in [5.41, 5.74) is 2.91. The summed E-state index contributed by atoms with van der Waals surface area (Å²) in [4.78, 5) is 0. The summed E-state index contributed by atoms with van der Waals surface area (Å²) in [7, 11) is 0.945. The summed E-state index contributed by atoms with van der Waals surface area (Å²) < 4.78 is 0. The number of hydrogen-bond donors (Lipinski definition) is 0. The molecule has 0 amide bonds. The number of hydrogen-bond acceptors (Lipinski definition) is 0. The molecule has 0 radical (unpaired) electrons. The minimum absolute atomic E-state index is 0. The van der Waals surface area contributed by atoms with Crippen molar-refractivity contribution in [2.24, 2.45) is 0 Å². The molecule has 0 aliphatic heterocycles. The maximum Gasteiger partial charge on any atom is 0 e. The van der Waals surface area contributed by atoms with Gasteiger partial charge in [0, 0.05) is 17.1 Å². The van der Waals surface area contributed by atoms with Gasteiger partial charge in [0.2, 0.25) is 0 Å². The van der Waals surface area contributed by atoms with E-state index in [0.29, 0.717) is 0 Å². The zero-order valence-electron chi connectivity index (χ0n) is 7.90. The Morgan fingerprint density at radius 1 is 1.00 bits per heavy atom. The topological polar surface area (TPSA) is 0 Å². The second kappa shape index (κ2) is 7.09. The van der Waals surface area contributed by atoms with E-state index >= 15 is 0 Å². The van der Waals surface area contributed by atoms with E-state index < -0.39 is 0 Å². The van der Waals surface area contributed by atoms with Crippen LogP contribution in [0.25, 0.3) is 0 Å². The fraction of sp³-hybridized carbons (Fsp3) is 0.182. The molecule has 0 bridgehead atoms. The molecule has 0 spiro atoms. The predicted molar refractivity (Wildman–Crippen MR) is 57.5 cm³/mol. The fourth-order valence-corrected chi connectivity index (χ4v) is 1.88. The van der Waals surface area contributed by atoms with E-state index in [0.717, 1.165) is 8.19 Å². The van der Waals surface area contributed by atoms with Gasteiger partial charge in [-0.1, -0.05) is 0 Å². The Morgan fingerprint density at radius 3 is 1.62 bits per heavy atom. The van der Waals surface area contributed by atoms with Crippen LogP contribution in [0.15, 0.2) is 41.9 Å². The molecule has 2 heteroatoms. The first-order chi connectivity index (χ1) is 5.80. The van der Waals surface area contributed by atoms with E-state index in [1.807, 2.05) is 30.3 Å². The van der Waals surface area contributed by atoms with Gasteiger partial charge in [0.05, 0.1) is 0 Å². The van der Waals surface area contributed by atoms with Gasteiger partial charge in [0.25, 0.3) is 0 Å². The molecule has 13 heavy (non-hydrogen) atoms. The molecule has 0 nitrogen and oxygen atoms in total. The van der Waals surface area contributed by atoms with Crippen LogP contribution < -0.4 is 0 Å². The minimum Gasteiger partial charge on any atom is -0.214 e. The van der Waals surface area contributed by atoms with Crippen molar-refractivity contribution in [2.75, 3.05) is 0 Å². The van der Waals surface area contributed by atoms with Crippen molar-refractivity contribution in [1.29, 1.82) is 0 Å². The van der Waals surface area contributed by atoms with E-state index in [9.17, 15) is 0 Å². The monoisotopic (exact) mass is 233 g/mol. The van der Waals surface area contributed by atoms with Crippen LogP contribution in [0.5, 0.6) is 0 Å². The van der Waals surface area contributed by atoms with Crippen LogP contribution in [-0.2, 0) is 17.1 Å². The first kappa shape index (κ1) is 12.6. The molecule has 0 N–H and O–H groups in total. The summed E-state index contributed by atoms with van der Waals surface area (Å²) in [6, 6.07) is 10.0. The van der Waals surface area contributed by atoms with Crippen molar-refractivity contribution in [1.82, 2.24) is 0 Å². The third-order valence-corrected chi connectivity index (χ3v) is 2.98. The molecule has 0 fully saturated rings. The van der Waals surface area contributed by atoms with Gasteiger partial charge in [-0.3, -0.25) is 0 Å². The molecule has 0 atom stereocenters. The van der Waals surface area contributed by atoms with Crippen LogP contribution in [-0.4, -0.2) is 0 Å². The number of rotatable bonds is 0. The van der Waals surface area contributed by atoms with Crippen molar-refractivity contribution in [2.45, 2.75) is 13.8 Å². The molecule has 1 heterocycles. The Balaban J connectivity index is 0.000000215. The summed E-state index contributed by atoms with van der Waals surface area (Å²) in [5.74, 6) is 4.55. The van der Waals surface area contributed by atoms with Gasteiger partial charge in [-0.05, 0) is 36.6 Å². The predicted octanol–water partition coefficient (Wildman–Crippen LogP) is 3.74. The first-order valence-corrected chi connectivity index (χ1v) is 5.23. The van der Waals surface area contributed by atoms with E-state index in [-0.39, 0.29) is 17.1 Å². The normalized spacial score (nSPS) is 8.15. The van der Waals surface area contributed by atoms with Crippen LogP contribution in [0.2, 0.25) is 0 Å². The van der Waals surface area contributed by atoms with Crippen LogP contribution in [0.4, 0.5) is 0 Å². The Bertz CT molecular complexity index is 262. The molecule has 2 aromatic rings. The molecule has 0 saturated carbocycles. The maximum absolute atomic E-state index is 2.27. The molecule has 0 aliphatic carbocycles. The molecule has 0 unspecified atom stereocenters. The number of aryl methyl sites for hydroxylation is 2. The standard InChI is InChI=1S/C6H9P.C5H5.Fe/c1-5-3-7-4-6(5)2;1-2-4-5-3-1;/h3-4,7H,1-2H3;1-5H;/q;-1;. The Hall–Kier alpha value is -0.351. The zero-order valence-corrected chi connectivity index (χ0v) is 10.00. The molecule has 0 aliphatic rings. The Kier molecular flexibility index (Phi) is 6.90. The van der Waals surface area contributed by atoms with Crippen LogP contribution in [0.1, 0.15) is 11.1 Å². The second-order valence-electron chi connectivity index (χ2n) is 2.78. The molecule has 0 saturated heterocycles. The van der Waals surface area contributed by atoms with Gasteiger partial charge < -0.3 is 0 Å². The van der Waals surface area contributed by atoms with E-state index in [1.165, 1.54) is 11.1 Å². The molecular formula is C11H14FeP-.